The number of benzene rings is 2. The van der Waals surface area contributed by atoms with Crippen molar-refractivity contribution in [1.29, 1.82) is 0 Å². The Balaban J connectivity index is 2.65. The molecule has 2 heteroatoms. The van der Waals surface area contributed by atoms with Gasteiger partial charge in [0, 0.05) is 0 Å². The fraction of sp³-hybridized carbons (Fsp3) is 0.0625. The van der Waals surface area contributed by atoms with Gasteiger partial charge in [-0.3, -0.25) is 0 Å². The van der Waals surface area contributed by atoms with Gasteiger partial charge in [0.1, 0.15) is 0 Å². The highest BCUT2D eigenvalue weighted by Gasteiger charge is 2.12. The molecule has 0 atom stereocenters. The molecule has 2 rings (SSSR count). The highest BCUT2D eigenvalue weighted by atomic mass is 16.4. The predicted octanol–water partition coefficient (Wildman–Crippen LogP) is 4.08. The van der Waals surface area contributed by atoms with E-state index in [-0.39, 0.29) is 0 Å². The molecule has 2 aromatic carbocycles. The largest absolute Gasteiger partial charge is 0.478 e. The van der Waals surface area contributed by atoms with E-state index in [0.717, 1.165) is 22.3 Å². The molecule has 0 aliphatic rings. The van der Waals surface area contributed by atoms with Gasteiger partial charge in [0.05, 0.1) is 5.56 Å². The molecule has 0 unspecified atom stereocenters. The molecule has 0 aliphatic heterocycles. The number of carboxylic acid groups (broad SMARTS) is 1. The second kappa shape index (κ2) is 4.88. The molecule has 90 valence electrons. The van der Waals surface area contributed by atoms with Gasteiger partial charge in [-0.1, -0.05) is 48.6 Å². The number of hydrogen-bond donors (Lipinski definition) is 1. The summed E-state index contributed by atoms with van der Waals surface area (Å²) in [5.74, 6) is -0.915. The third kappa shape index (κ3) is 2.33. The fourth-order valence-corrected chi connectivity index (χ4v) is 1.85. The summed E-state index contributed by atoms with van der Waals surface area (Å²) in [6, 6.07) is 14.8. The van der Waals surface area contributed by atoms with E-state index in [2.05, 4.69) is 6.58 Å². The predicted molar refractivity (Wildman–Crippen MR) is 73.5 cm³/mol. The first-order chi connectivity index (χ1) is 8.59. The molecule has 2 nitrogen and oxygen atoms in total. The third-order valence-electron chi connectivity index (χ3n) is 2.83. The van der Waals surface area contributed by atoms with Crippen LogP contribution in [0.5, 0.6) is 0 Å². The van der Waals surface area contributed by atoms with Gasteiger partial charge in [-0.05, 0) is 35.7 Å². The molecule has 0 saturated heterocycles. The van der Waals surface area contributed by atoms with Crippen LogP contribution in [-0.4, -0.2) is 11.1 Å². The Morgan fingerprint density at radius 3 is 2.33 bits per heavy atom. The Labute approximate surface area is 106 Å². The molecule has 0 radical (unpaired) electrons. The average molecular weight is 238 g/mol. The lowest BCUT2D eigenvalue weighted by molar-refractivity contribution is 0.0697. The van der Waals surface area contributed by atoms with Crippen LogP contribution in [0.3, 0.4) is 0 Å². The summed E-state index contributed by atoms with van der Waals surface area (Å²) >= 11 is 0. The summed E-state index contributed by atoms with van der Waals surface area (Å²) in [6.45, 7) is 5.79. The third-order valence-corrected chi connectivity index (χ3v) is 2.83. The van der Waals surface area contributed by atoms with E-state index in [1.807, 2.05) is 43.3 Å². The zero-order chi connectivity index (χ0) is 13.1. The number of carbonyl (C=O) groups is 1. The minimum absolute atomic E-state index is 0.311. The number of allylic oxidation sites excluding steroid dienone is 1. The molecule has 0 aromatic heterocycles. The Kier molecular flexibility index (Phi) is 3.28. The maximum absolute atomic E-state index is 11.3. The summed E-state index contributed by atoms with van der Waals surface area (Å²) in [5.41, 5.74) is 3.82. The average Bonchev–Trinajstić information content (AvgIpc) is 2.39. The van der Waals surface area contributed by atoms with Crippen LogP contribution < -0.4 is 0 Å². The Morgan fingerprint density at radius 1 is 1.11 bits per heavy atom. The molecular formula is C16H14O2. The molecule has 18 heavy (non-hydrogen) atoms. The lowest BCUT2D eigenvalue weighted by Gasteiger charge is -2.09. The quantitative estimate of drug-likeness (QED) is 0.874. The Bertz CT molecular complexity index is 598. The first-order valence-corrected chi connectivity index (χ1v) is 5.68. The second-order valence-corrected chi connectivity index (χ2v) is 4.21. The van der Waals surface area contributed by atoms with Crippen molar-refractivity contribution in [2.45, 2.75) is 6.92 Å². The Morgan fingerprint density at radius 2 is 1.78 bits per heavy atom. The van der Waals surface area contributed by atoms with Gasteiger partial charge in [0.25, 0.3) is 0 Å². The van der Waals surface area contributed by atoms with Crippen molar-refractivity contribution in [2.75, 3.05) is 0 Å². The van der Waals surface area contributed by atoms with Gasteiger partial charge in [0.15, 0.2) is 0 Å². The monoisotopic (exact) mass is 238 g/mol. The minimum Gasteiger partial charge on any atom is -0.478 e. The molecular weight excluding hydrogens is 224 g/mol. The molecule has 0 bridgehead atoms. The minimum atomic E-state index is -0.915. The highest BCUT2D eigenvalue weighted by molar-refractivity contribution is 5.96. The van der Waals surface area contributed by atoms with Gasteiger partial charge in [0.2, 0.25) is 0 Å². The molecule has 1 N–H and O–H groups in total. The first-order valence-electron chi connectivity index (χ1n) is 5.68. The first kappa shape index (κ1) is 12.1. The summed E-state index contributed by atoms with van der Waals surface area (Å²) in [4.78, 5) is 11.3. The molecule has 0 aliphatic carbocycles. The van der Waals surface area contributed by atoms with Crippen LogP contribution in [0.25, 0.3) is 16.7 Å². The molecule has 0 saturated carbocycles. The molecule has 0 spiro atoms. The summed E-state index contributed by atoms with van der Waals surface area (Å²) in [7, 11) is 0. The molecule has 0 amide bonds. The molecule has 0 heterocycles. The van der Waals surface area contributed by atoms with E-state index in [0.29, 0.717) is 5.56 Å². The lowest BCUT2D eigenvalue weighted by Crippen LogP contribution is -2.00. The van der Waals surface area contributed by atoms with Gasteiger partial charge in [-0.2, -0.15) is 0 Å². The standard InChI is InChI=1S/C16H14O2/c1-11(2)13-8-9-14(16(17)18)15(10-13)12-6-4-3-5-7-12/h3-10H,1H2,2H3,(H,17,18). The van der Waals surface area contributed by atoms with E-state index in [4.69, 9.17) is 0 Å². The van der Waals surface area contributed by atoms with Gasteiger partial charge < -0.3 is 5.11 Å². The summed E-state index contributed by atoms with van der Waals surface area (Å²) < 4.78 is 0. The molecule has 2 aromatic rings. The van der Waals surface area contributed by atoms with E-state index in [9.17, 15) is 9.90 Å². The van der Waals surface area contributed by atoms with Crippen LogP contribution in [0.1, 0.15) is 22.8 Å². The second-order valence-electron chi connectivity index (χ2n) is 4.21. The van der Waals surface area contributed by atoms with Crippen LogP contribution in [0, 0.1) is 0 Å². The zero-order valence-corrected chi connectivity index (χ0v) is 10.2. The number of carboxylic acids is 1. The van der Waals surface area contributed by atoms with Gasteiger partial charge in [-0.15, -0.1) is 0 Å². The maximum Gasteiger partial charge on any atom is 0.336 e. The normalized spacial score (nSPS) is 10.1. The number of aromatic carboxylic acids is 1. The van der Waals surface area contributed by atoms with E-state index < -0.39 is 5.97 Å². The SMILES string of the molecule is C=C(C)c1ccc(C(=O)O)c(-c2ccccc2)c1. The Hall–Kier alpha value is -2.35. The number of rotatable bonds is 3. The van der Waals surface area contributed by atoms with Crippen molar-refractivity contribution in [1.82, 2.24) is 0 Å². The van der Waals surface area contributed by atoms with Crippen LogP contribution >= 0.6 is 0 Å². The van der Waals surface area contributed by atoms with Crippen LogP contribution in [-0.2, 0) is 0 Å². The lowest BCUT2D eigenvalue weighted by atomic mass is 9.95. The van der Waals surface area contributed by atoms with Crippen molar-refractivity contribution in [3.05, 3.63) is 66.2 Å². The summed E-state index contributed by atoms with van der Waals surface area (Å²) in [6.07, 6.45) is 0. The van der Waals surface area contributed by atoms with Crippen LogP contribution in [0.4, 0.5) is 0 Å². The van der Waals surface area contributed by atoms with E-state index >= 15 is 0 Å². The van der Waals surface area contributed by atoms with E-state index in [1.54, 1.807) is 12.1 Å². The zero-order valence-electron chi connectivity index (χ0n) is 10.2. The van der Waals surface area contributed by atoms with Gasteiger partial charge >= 0.3 is 5.97 Å². The van der Waals surface area contributed by atoms with Crippen molar-refractivity contribution in [3.63, 3.8) is 0 Å². The fourth-order valence-electron chi connectivity index (χ4n) is 1.85. The van der Waals surface area contributed by atoms with Crippen molar-refractivity contribution in [3.8, 4) is 11.1 Å². The van der Waals surface area contributed by atoms with E-state index in [1.165, 1.54) is 0 Å². The van der Waals surface area contributed by atoms with Crippen molar-refractivity contribution >= 4 is 11.5 Å². The maximum atomic E-state index is 11.3. The van der Waals surface area contributed by atoms with Crippen molar-refractivity contribution < 1.29 is 9.90 Å². The van der Waals surface area contributed by atoms with Crippen LogP contribution in [0.15, 0.2) is 55.1 Å². The van der Waals surface area contributed by atoms with Crippen LogP contribution in [0.2, 0.25) is 0 Å². The summed E-state index contributed by atoms with van der Waals surface area (Å²) in [5, 5.41) is 9.23. The highest BCUT2D eigenvalue weighted by Crippen LogP contribution is 2.27. The molecule has 0 fully saturated rings. The van der Waals surface area contributed by atoms with Gasteiger partial charge in [-0.25, -0.2) is 4.79 Å². The van der Waals surface area contributed by atoms with Crippen molar-refractivity contribution in [2.24, 2.45) is 0 Å². The topological polar surface area (TPSA) is 37.3 Å². The number of hydrogen-bond acceptors (Lipinski definition) is 1. The smallest absolute Gasteiger partial charge is 0.336 e.